The van der Waals surface area contributed by atoms with Crippen LogP contribution in [0.3, 0.4) is 0 Å². The summed E-state index contributed by atoms with van der Waals surface area (Å²) in [6, 6.07) is 10.5. The van der Waals surface area contributed by atoms with Crippen molar-refractivity contribution in [2.45, 2.75) is 23.8 Å². The summed E-state index contributed by atoms with van der Waals surface area (Å²) in [4.78, 5) is 0.256. The van der Waals surface area contributed by atoms with Crippen LogP contribution in [0.25, 0.3) is 10.8 Å². The monoisotopic (exact) mass is 356 g/mol. The van der Waals surface area contributed by atoms with Gasteiger partial charge in [0.25, 0.3) is 0 Å². The molecule has 1 unspecified atom stereocenters. The number of fused-ring (bicyclic) bond motifs is 1. The predicted octanol–water partition coefficient (Wildman–Crippen LogP) is 2.29. The molecule has 0 amide bonds. The fraction of sp³-hybridized carbons (Fsp3) is 0.375. The molecule has 3 N–H and O–H groups in total. The van der Waals surface area contributed by atoms with Gasteiger partial charge in [-0.1, -0.05) is 24.3 Å². The van der Waals surface area contributed by atoms with Crippen molar-refractivity contribution in [2.75, 3.05) is 13.7 Å². The van der Waals surface area contributed by atoms with Crippen LogP contribution in [0.15, 0.2) is 41.3 Å². The van der Waals surface area contributed by atoms with Gasteiger partial charge in [-0.3, -0.25) is 0 Å². The van der Waals surface area contributed by atoms with Crippen LogP contribution in [-0.2, 0) is 10.0 Å². The second-order valence-electron chi connectivity index (χ2n) is 5.66. The van der Waals surface area contributed by atoms with Crippen LogP contribution in [0.2, 0.25) is 0 Å². The molecule has 0 aliphatic heterocycles. The van der Waals surface area contributed by atoms with E-state index in [0.29, 0.717) is 17.1 Å². The molecule has 1 atom stereocenters. The predicted molar refractivity (Wildman–Crippen MR) is 93.6 cm³/mol. The third kappa shape index (κ3) is 3.77. The Morgan fingerprint density at radius 3 is 2.48 bits per heavy atom. The van der Waals surface area contributed by atoms with E-state index in [1.54, 1.807) is 25.3 Å². The molecule has 2 aromatic carbocycles. The van der Waals surface area contributed by atoms with Gasteiger partial charge in [-0.05, 0) is 30.9 Å². The van der Waals surface area contributed by atoms with Crippen molar-refractivity contribution in [1.29, 1.82) is 0 Å². The minimum absolute atomic E-state index is 0. The molecule has 1 aliphatic rings. The van der Waals surface area contributed by atoms with Crippen LogP contribution in [0, 0.1) is 5.92 Å². The zero-order chi connectivity index (χ0) is 15.7. The average molecular weight is 357 g/mol. The van der Waals surface area contributed by atoms with Crippen LogP contribution >= 0.6 is 12.4 Å². The average Bonchev–Trinajstić information content (AvgIpc) is 3.36. The topological polar surface area (TPSA) is 81.4 Å². The Kier molecular flexibility index (Phi) is 5.52. The Morgan fingerprint density at radius 1 is 1.22 bits per heavy atom. The van der Waals surface area contributed by atoms with E-state index in [4.69, 9.17) is 10.5 Å². The maximum atomic E-state index is 12.6. The van der Waals surface area contributed by atoms with Gasteiger partial charge in [0.2, 0.25) is 10.0 Å². The van der Waals surface area contributed by atoms with Gasteiger partial charge in [-0.25, -0.2) is 13.1 Å². The van der Waals surface area contributed by atoms with Crippen molar-refractivity contribution in [2.24, 2.45) is 11.7 Å². The number of nitrogens with two attached hydrogens (primary N) is 1. The molecule has 1 fully saturated rings. The van der Waals surface area contributed by atoms with Gasteiger partial charge in [-0.2, -0.15) is 0 Å². The molecule has 7 heteroatoms. The zero-order valence-corrected chi connectivity index (χ0v) is 14.5. The first-order chi connectivity index (χ1) is 10.5. The highest BCUT2D eigenvalue weighted by Crippen LogP contribution is 2.32. The first kappa shape index (κ1) is 18.0. The summed E-state index contributed by atoms with van der Waals surface area (Å²) in [5, 5.41) is 1.42. The number of sulfonamides is 1. The third-order valence-corrected chi connectivity index (χ3v) is 5.57. The van der Waals surface area contributed by atoms with Gasteiger partial charge in [0.05, 0.1) is 12.0 Å². The first-order valence-electron chi connectivity index (χ1n) is 7.34. The van der Waals surface area contributed by atoms with E-state index < -0.39 is 10.0 Å². The Morgan fingerprint density at radius 2 is 1.87 bits per heavy atom. The number of methoxy groups -OCH3 is 1. The van der Waals surface area contributed by atoms with Gasteiger partial charge >= 0.3 is 0 Å². The second kappa shape index (κ2) is 7.05. The van der Waals surface area contributed by atoms with Crippen molar-refractivity contribution < 1.29 is 13.2 Å². The van der Waals surface area contributed by atoms with Gasteiger partial charge < -0.3 is 10.5 Å². The van der Waals surface area contributed by atoms with Crippen LogP contribution in [-0.4, -0.2) is 28.1 Å². The first-order valence-corrected chi connectivity index (χ1v) is 8.82. The normalized spacial score (nSPS) is 15.9. The van der Waals surface area contributed by atoms with Crippen molar-refractivity contribution in [1.82, 2.24) is 4.72 Å². The SMILES string of the molecule is COc1ccc(S(=O)(=O)NCC(N)C2CC2)c2ccccc12.Cl. The van der Waals surface area contributed by atoms with E-state index in [9.17, 15) is 8.42 Å². The summed E-state index contributed by atoms with van der Waals surface area (Å²) >= 11 is 0. The lowest BCUT2D eigenvalue weighted by Crippen LogP contribution is -2.38. The molecule has 0 aromatic heterocycles. The number of benzene rings is 2. The Balaban J connectivity index is 0.00000192. The van der Waals surface area contributed by atoms with Crippen LogP contribution in [0.5, 0.6) is 5.75 Å². The summed E-state index contributed by atoms with van der Waals surface area (Å²) in [6.07, 6.45) is 2.18. The number of nitrogens with one attached hydrogen (secondary N) is 1. The van der Waals surface area contributed by atoms with Crippen LogP contribution in [0.1, 0.15) is 12.8 Å². The van der Waals surface area contributed by atoms with Gasteiger partial charge in [0, 0.05) is 23.4 Å². The molecule has 23 heavy (non-hydrogen) atoms. The van der Waals surface area contributed by atoms with Crippen molar-refractivity contribution in [3.8, 4) is 5.75 Å². The number of hydrogen-bond donors (Lipinski definition) is 2. The highest BCUT2D eigenvalue weighted by molar-refractivity contribution is 7.89. The van der Waals surface area contributed by atoms with E-state index >= 15 is 0 Å². The van der Waals surface area contributed by atoms with E-state index in [2.05, 4.69) is 4.72 Å². The van der Waals surface area contributed by atoms with E-state index in [0.717, 1.165) is 18.2 Å². The molecule has 0 saturated heterocycles. The lowest BCUT2D eigenvalue weighted by atomic mass is 10.1. The minimum atomic E-state index is -3.60. The Hall–Kier alpha value is -1.34. The third-order valence-electron chi connectivity index (χ3n) is 4.09. The lowest BCUT2D eigenvalue weighted by molar-refractivity contribution is 0.419. The molecule has 1 saturated carbocycles. The molecule has 0 spiro atoms. The lowest BCUT2D eigenvalue weighted by Gasteiger charge is -2.14. The Bertz CT molecular complexity index is 791. The standard InChI is InChI=1S/C16H20N2O3S.ClH/c1-21-15-8-9-16(13-5-3-2-4-12(13)15)22(19,20)18-10-14(17)11-6-7-11;/h2-5,8-9,11,14,18H,6-7,10,17H2,1H3;1H. The molecule has 5 nitrogen and oxygen atoms in total. The molecule has 0 radical (unpaired) electrons. The zero-order valence-electron chi connectivity index (χ0n) is 12.9. The molecule has 3 rings (SSSR count). The molecule has 0 bridgehead atoms. The van der Waals surface area contributed by atoms with Gasteiger partial charge in [-0.15, -0.1) is 12.4 Å². The Labute approximate surface area is 142 Å². The quantitative estimate of drug-likeness (QED) is 0.832. The smallest absolute Gasteiger partial charge is 0.241 e. The molecule has 0 heterocycles. The molecule has 126 valence electrons. The number of rotatable bonds is 6. The molecular weight excluding hydrogens is 336 g/mol. The van der Waals surface area contributed by atoms with Gasteiger partial charge in [0.1, 0.15) is 5.75 Å². The number of ether oxygens (including phenoxy) is 1. The van der Waals surface area contributed by atoms with E-state index in [1.165, 1.54) is 0 Å². The van der Waals surface area contributed by atoms with E-state index in [1.807, 2.05) is 18.2 Å². The highest BCUT2D eigenvalue weighted by atomic mass is 35.5. The maximum Gasteiger partial charge on any atom is 0.241 e. The van der Waals surface area contributed by atoms with Crippen LogP contribution in [0.4, 0.5) is 0 Å². The van der Waals surface area contributed by atoms with Crippen molar-refractivity contribution >= 4 is 33.2 Å². The molecule has 2 aromatic rings. The van der Waals surface area contributed by atoms with Crippen molar-refractivity contribution in [3.63, 3.8) is 0 Å². The second-order valence-corrected chi connectivity index (χ2v) is 7.40. The highest BCUT2D eigenvalue weighted by Gasteiger charge is 2.29. The van der Waals surface area contributed by atoms with Crippen molar-refractivity contribution in [3.05, 3.63) is 36.4 Å². The summed E-state index contributed by atoms with van der Waals surface area (Å²) in [5.74, 6) is 1.11. The summed E-state index contributed by atoms with van der Waals surface area (Å²) in [5.41, 5.74) is 5.98. The summed E-state index contributed by atoms with van der Waals surface area (Å²) in [7, 11) is -2.03. The fourth-order valence-electron chi connectivity index (χ4n) is 2.63. The van der Waals surface area contributed by atoms with E-state index in [-0.39, 0.29) is 29.9 Å². The summed E-state index contributed by atoms with van der Waals surface area (Å²) < 4.78 is 33.1. The van der Waals surface area contributed by atoms with Crippen LogP contribution < -0.4 is 15.2 Å². The number of hydrogen-bond acceptors (Lipinski definition) is 4. The number of halogens is 1. The molecule has 1 aliphatic carbocycles. The summed E-state index contributed by atoms with van der Waals surface area (Å²) in [6.45, 7) is 0.271. The maximum absolute atomic E-state index is 12.6. The molecular formula is C16H21ClN2O3S. The minimum Gasteiger partial charge on any atom is -0.496 e. The largest absolute Gasteiger partial charge is 0.496 e. The van der Waals surface area contributed by atoms with Gasteiger partial charge in [0.15, 0.2) is 0 Å². The fourth-order valence-corrected chi connectivity index (χ4v) is 3.91.